The molecule has 0 radical (unpaired) electrons. The van der Waals surface area contributed by atoms with Crippen LogP contribution in [0.2, 0.25) is 0 Å². The van der Waals surface area contributed by atoms with Crippen LogP contribution in [0.5, 0.6) is 0 Å². The summed E-state index contributed by atoms with van der Waals surface area (Å²) in [5.74, 6) is -0.406. The van der Waals surface area contributed by atoms with Crippen LogP contribution < -0.4 is 5.32 Å². The molecule has 0 aromatic carbocycles. The predicted octanol–water partition coefficient (Wildman–Crippen LogP) is 9.30. The fourth-order valence-electron chi connectivity index (χ4n) is 3.75. The Bertz CT molecular complexity index is 693. The molecule has 1 N–H and O–H groups in total. The Hall–Kier alpha value is -1.56. The van der Waals surface area contributed by atoms with Crippen molar-refractivity contribution in [1.29, 1.82) is 0 Å². The second-order valence-electron chi connectivity index (χ2n) is 10.2. The second kappa shape index (κ2) is 17.8. The van der Waals surface area contributed by atoms with Crippen molar-refractivity contribution in [3.8, 4) is 0 Å². The summed E-state index contributed by atoms with van der Waals surface area (Å²) in [4.78, 5) is 26.2. The van der Waals surface area contributed by atoms with Crippen LogP contribution in [-0.4, -0.2) is 24.3 Å². The molecule has 0 atom stereocenters. The van der Waals surface area contributed by atoms with E-state index in [1.54, 1.807) is 0 Å². The molecule has 6 heteroatoms. The van der Waals surface area contributed by atoms with Gasteiger partial charge in [-0.3, -0.25) is 5.32 Å². The molecule has 0 unspecified atom stereocenters. The van der Waals surface area contributed by atoms with Gasteiger partial charge in [0.1, 0.15) is 10.6 Å². The molecule has 1 heterocycles. The minimum atomic E-state index is -0.590. The number of hydrogen-bond acceptors (Lipinski definition) is 5. The topological polar surface area (TPSA) is 64.6 Å². The number of aryl methyl sites for hydroxylation is 1. The van der Waals surface area contributed by atoms with Gasteiger partial charge in [-0.1, -0.05) is 90.9 Å². The van der Waals surface area contributed by atoms with Crippen LogP contribution in [0.1, 0.15) is 140 Å². The highest BCUT2D eigenvalue weighted by molar-refractivity contribution is 7.16. The summed E-state index contributed by atoms with van der Waals surface area (Å²) in [5.41, 5.74) is -0.169. The normalized spacial score (nSPS) is 11.4. The Morgan fingerprint density at radius 1 is 0.824 bits per heavy atom. The first-order valence-electron chi connectivity index (χ1n) is 13.6. The molecule has 0 aliphatic heterocycles. The summed E-state index contributed by atoms with van der Waals surface area (Å²) in [6.07, 6.45) is 17.3. The quantitative estimate of drug-likeness (QED) is 0.163. The predicted molar refractivity (Wildman–Crippen MR) is 144 cm³/mol. The van der Waals surface area contributed by atoms with Gasteiger partial charge in [-0.15, -0.1) is 11.3 Å². The first kappa shape index (κ1) is 30.5. The zero-order valence-electron chi connectivity index (χ0n) is 22.4. The van der Waals surface area contributed by atoms with Gasteiger partial charge < -0.3 is 9.47 Å². The molecule has 1 rings (SSSR count). The molecule has 0 saturated heterocycles. The number of hydrogen-bond donors (Lipinski definition) is 1. The summed E-state index contributed by atoms with van der Waals surface area (Å²) < 4.78 is 10.9. The zero-order chi connectivity index (χ0) is 25.2. The van der Waals surface area contributed by atoms with Gasteiger partial charge in [0, 0.05) is 4.88 Å². The molecule has 34 heavy (non-hydrogen) atoms. The van der Waals surface area contributed by atoms with E-state index in [1.807, 2.05) is 26.8 Å². The lowest BCUT2D eigenvalue weighted by atomic mass is 10.1. The van der Waals surface area contributed by atoms with Gasteiger partial charge in [0.05, 0.1) is 12.2 Å². The van der Waals surface area contributed by atoms with Crippen molar-refractivity contribution >= 4 is 28.4 Å². The van der Waals surface area contributed by atoms with Crippen molar-refractivity contribution in [2.75, 3.05) is 11.9 Å². The summed E-state index contributed by atoms with van der Waals surface area (Å²) in [5, 5.41) is 3.32. The Morgan fingerprint density at radius 2 is 1.35 bits per heavy atom. The molecule has 1 aromatic heterocycles. The number of ether oxygens (including phenoxy) is 2. The van der Waals surface area contributed by atoms with E-state index < -0.39 is 17.7 Å². The van der Waals surface area contributed by atoms with E-state index in [0.29, 0.717) is 17.2 Å². The van der Waals surface area contributed by atoms with Crippen LogP contribution in [0.3, 0.4) is 0 Å². The third kappa shape index (κ3) is 14.6. The van der Waals surface area contributed by atoms with Crippen LogP contribution in [0.15, 0.2) is 6.07 Å². The van der Waals surface area contributed by atoms with Crippen molar-refractivity contribution in [2.24, 2.45) is 0 Å². The van der Waals surface area contributed by atoms with Crippen LogP contribution in [0.4, 0.5) is 9.80 Å². The highest BCUT2D eigenvalue weighted by Gasteiger charge is 2.24. The highest BCUT2D eigenvalue weighted by Crippen LogP contribution is 2.31. The van der Waals surface area contributed by atoms with E-state index in [9.17, 15) is 9.59 Å². The average molecular weight is 496 g/mol. The maximum Gasteiger partial charge on any atom is 0.412 e. The number of unbranched alkanes of at least 4 members (excludes halogenated alkanes) is 12. The molecule has 0 saturated carbocycles. The van der Waals surface area contributed by atoms with Crippen molar-refractivity contribution < 1.29 is 19.1 Å². The van der Waals surface area contributed by atoms with Gasteiger partial charge in [-0.05, 0) is 46.1 Å². The molecule has 0 spiro atoms. The number of rotatable bonds is 18. The second-order valence-corrected chi connectivity index (χ2v) is 11.3. The van der Waals surface area contributed by atoms with Gasteiger partial charge >= 0.3 is 12.1 Å². The fourth-order valence-corrected chi connectivity index (χ4v) is 4.82. The third-order valence-electron chi connectivity index (χ3n) is 5.63. The van der Waals surface area contributed by atoms with E-state index in [-0.39, 0.29) is 0 Å². The van der Waals surface area contributed by atoms with Crippen LogP contribution in [0, 0.1) is 0 Å². The van der Waals surface area contributed by atoms with Crippen LogP contribution in [-0.2, 0) is 15.9 Å². The number of nitrogens with one attached hydrogen (secondary N) is 1. The van der Waals surface area contributed by atoms with Crippen molar-refractivity contribution in [3.63, 3.8) is 0 Å². The molecule has 0 aliphatic carbocycles. The Kier molecular flexibility index (Phi) is 16.0. The molecule has 1 amide bonds. The van der Waals surface area contributed by atoms with Crippen LogP contribution in [0.25, 0.3) is 0 Å². The lowest BCUT2D eigenvalue weighted by Crippen LogP contribution is -2.24. The van der Waals surface area contributed by atoms with E-state index in [1.165, 1.54) is 82.0 Å². The van der Waals surface area contributed by atoms with Gasteiger partial charge in [-0.25, -0.2) is 9.59 Å². The van der Waals surface area contributed by atoms with Gasteiger partial charge in [-0.2, -0.15) is 0 Å². The summed E-state index contributed by atoms with van der Waals surface area (Å²) in [6, 6.07) is 1.87. The number of thiophene rings is 1. The number of amides is 1. The van der Waals surface area contributed by atoms with Gasteiger partial charge in [0.15, 0.2) is 0 Å². The number of carbonyl (C=O) groups excluding carboxylic acids is 2. The van der Waals surface area contributed by atoms with E-state index in [4.69, 9.17) is 9.47 Å². The number of esters is 1. The molecule has 0 bridgehead atoms. The molecule has 0 fully saturated rings. The largest absolute Gasteiger partial charge is 0.456 e. The summed E-state index contributed by atoms with van der Waals surface area (Å²) in [7, 11) is 0. The standard InChI is InChI=1S/C28H49NO4S/c1-6-8-10-12-14-15-17-19-21-32-27(31)29-25-24(26(30)33-28(3,4)5)22-23(34-25)20-18-16-13-11-9-7-2/h22H,6-21H2,1-5H3,(H,29,31). The zero-order valence-corrected chi connectivity index (χ0v) is 23.2. The first-order valence-corrected chi connectivity index (χ1v) is 14.4. The number of anilines is 1. The third-order valence-corrected chi connectivity index (χ3v) is 6.74. The van der Waals surface area contributed by atoms with Crippen molar-refractivity contribution in [3.05, 3.63) is 16.5 Å². The number of carbonyl (C=O) groups is 2. The van der Waals surface area contributed by atoms with E-state index in [0.717, 1.165) is 30.6 Å². The Morgan fingerprint density at radius 3 is 1.91 bits per heavy atom. The minimum absolute atomic E-state index is 0.401. The maximum absolute atomic E-state index is 12.7. The maximum atomic E-state index is 12.7. The monoisotopic (exact) mass is 495 g/mol. The molecule has 5 nitrogen and oxygen atoms in total. The highest BCUT2D eigenvalue weighted by atomic mass is 32.1. The lowest BCUT2D eigenvalue weighted by Gasteiger charge is -2.19. The summed E-state index contributed by atoms with van der Waals surface area (Å²) in [6.45, 7) is 10.4. The molecule has 0 aliphatic rings. The fraction of sp³-hybridized carbons (Fsp3) is 0.786. The molecular weight excluding hydrogens is 446 g/mol. The molecule has 196 valence electrons. The average Bonchev–Trinajstić information content (AvgIpc) is 3.16. The summed E-state index contributed by atoms with van der Waals surface area (Å²) >= 11 is 1.45. The Labute approximate surface area is 212 Å². The van der Waals surface area contributed by atoms with Gasteiger partial charge in [0.25, 0.3) is 0 Å². The molecular formula is C28H49NO4S. The SMILES string of the molecule is CCCCCCCCCCOC(=O)Nc1sc(CCCCCCCC)cc1C(=O)OC(C)(C)C. The van der Waals surface area contributed by atoms with E-state index in [2.05, 4.69) is 19.2 Å². The van der Waals surface area contributed by atoms with Crippen molar-refractivity contribution in [2.45, 2.75) is 137 Å². The molecule has 1 aromatic rings. The first-order chi connectivity index (χ1) is 16.3. The minimum Gasteiger partial charge on any atom is -0.456 e. The van der Waals surface area contributed by atoms with E-state index >= 15 is 0 Å². The smallest absolute Gasteiger partial charge is 0.412 e. The van der Waals surface area contributed by atoms with Crippen LogP contribution >= 0.6 is 11.3 Å². The van der Waals surface area contributed by atoms with Crippen molar-refractivity contribution in [1.82, 2.24) is 0 Å². The lowest BCUT2D eigenvalue weighted by molar-refractivity contribution is 0.00712. The Balaban J connectivity index is 2.53. The van der Waals surface area contributed by atoms with Gasteiger partial charge in [0.2, 0.25) is 0 Å².